The molecule has 160 valence electrons. The fourth-order valence-electron chi connectivity index (χ4n) is 4.35. The normalized spacial score (nSPS) is 17.6. The molecule has 4 rings (SSSR count). The molecule has 1 spiro atoms. The Kier molecular flexibility index (Phi) is 5.85. The van der Waals surface area contributed by atoms with Gasteiger partial charge in [0.1, 0.15) is 5.75 Å². The molecular weight excluding hydrogens is 378 g/mol. The number of rotatable bonds is 6. The summed E-state index contributed by atoms with van der Waals surface area (Å²) in [6.45, 7) is 10.6. The molecular formula is C25H31NO4. The van der Waals surface area contributed by atoms with Crippen molar-refractivity contribution in [3.63, 3.8) is 0 Å². The van der Waals surface area contributed by atoms with Gasteiger partial charge in [0.05, 0.1) is 25.5 Å². The van der Waals surface area contributed by atoms with Crippen molar-refractivity contribution < 1.29 is 19.0 Å². The minimum Gasteiger partial charge on any atom is -0.493 e. The van der Waals surface area contributed by atoms with Crippen LogP contribution in [0.4, 0.5) is 5.69 Å². The van der Waals surface area contributed by atoms with Gasteiger partial charge in [-0.05, 0) is 55.4 Å². The van der Waals surface area contributed by atoms with Gasteiger partial charge in [-0.2, -0.15) is 0 Å². The van der Waals surface area contributed by atoms with Crippen LogP contribution in [0.15, 0.2) is 36.4 Å². The van der Waals surface area contributed by atoms with Crippen LogP contribution in [0.1, 0.15) is 54.9 Å². The van der Waals surface area contributed by atoms with Gasteiger partial charge in [0, 0.05) is 12.1 Å². The molecule has 1 saturated heterocycles. The largest absolute Gasteiger partial charge is 0.493 e. The Hall–Kier alpha value is -2.37. The minimum atomic E-state index is -1.28. The van der Waals surface area contributed by atoms with Crippen LogP contribution in [0.25, 0.3) is 0 Å². The lowest BCUT2D eigenvalue weighted by atomic mass is 10.0. The van der Waals surface area contributed by atoms with Crippen LogP contribution in [0.5, 0.6) is 5.75 Å². The van der Waals surface area contributed by atoms with Crippen LogP contribution in [0.3, 0.4) is 0 Å². The van der Waals surface area contributed by atoms with Crippen molar-refractivity contribution in [2.75, 3.05) is 31.3 Å². The van der Waals surface area contributed by atoms with Crippen LogP contribution in [-0.2, 0) is 20.1 Å². The van der Waals surface area contributed by atoms with Gasteiger partial charge in [-0.15, -0.1) is 0 Å². The van der Waals surface area contributed by atoms with E-state index >= 15 is 0 Å². The predicted molar refractivity (Wildman–Crippen MR) is 117 cm³/mol. The monoisotopic (exact) mass is 409 g/mol. The van der Waals surface area contributed by atoms with Crippen LogP contribution >= 0.6 is 0 Å². The van der Waals surface area contributed by atoms with E-state index in [9.17, 15) is 4.79 Å². The minimum absolute atomic E-state index is 0.120. The first-order valence-electron chi connectivity index (χ1n) is 10.9. The summed E-state index contributed by atoms with van der Waals surface area (Å²) in [6.07, 6.45) is 1.53. The Morgan fingerprint density at radius 1 is 1.13 bits per heavy atom. The summed E-state index contributed by atoms with van der Waals surface area (Å²) in [5.74, 6) is -0.0626. The van der Waals surface area contributed by atoms with Gasteiger partial charge in [0.25, 0.3) is 11.7 Å². The standard InChI is InChI=1S/C25H31NO4/c1-17(2)20-11-10-18(3)16-22(20)28-13-6-12-26-23-19(4)8-5-9-21(23)25(24(26)27)29-14-7-15-30-25/h5,8-11,16-17H,6-7,12-15H2,1-4H3. The Bertz CT molecular complexity index is 931. The van der Waals surface area contributed by atoms with E-state index in [0.29, 0.717) is 32.3 Å². The van der Waals surface area contributed by atoms with E-state index < -0.39 is 5.79 Å². The highest BCUT2D eigenvalue weighted by Crippen LogP contribution is 2.46. The van der Waals surface area contributed by atoms with E-state index in [-0.39, 0.29) is 5.91 Å². The Labute approximate surface area is 178 Å². The van der Waals surface area contributed by atoms with Crippen molar-refractivity contribution in [2.45, 2.75) is 52.2 Å². The number of fused-ring (bicyclic) bond motifs is 2. The van der Waals surface area contributed by atoms with Crippen LogP contribution in [-0.4, -0.2) is 32.3 Å². The number of carbonyl (C=O) groups excluding carboxylic acids is 1. The van der Waals surface area contributed by atoms with Gasteiger partial charge in [-0.3, -0.25) is 4.79 Å². The SMILES string of the molecule is Cc1ccc(C(C)C)c(OCCCN2C(=O)C3(OCCCO3)c3cccc(C)c32)c1. The first kappa shape index (κ1) is 20.9. The molecule has 5 nitrogen and oxygen atoms in total. The number of amides is 1. The third kappa shape index (κ3) is 3.61. The van der Waals surface area contributed by atoms with Crippen molar-refractivity contribution in [1.82, 2.24) is 0 Å². The van der Waals surface area contributed by atoms with E-state index in [2.05, 4.69) is 39.0 Å². The molecule has 2 aromatic rings. The molecule has 0 saturated carbocycles. The van der Waals surface area contributed by atoms with Crippen molar-refractivity contribution >= 4 is 11.6 Å². The Morgan fingerprint density at radius 2 is 1.90 bits per heavy atom. The van der Waals surface area contributed by atoms with E-state index in [0.717, 1.165) is 35.4 Å². The number of carbonyl (C=O) groups is 1. The number of hydrogen-bond acceptors (Lipinski definition) is 4. The Morgan fingerprint density at radius 3 is 2.63 bits per heavy atom. The molecule has 1 amide bonds. The summed E-state index contributed by atoms with van der Waals surface area (Å²) in [7, 11) is 0. The molecule has 2 heterocycles. The summed E-state index contributed by atoms with van der Waals surface area (Å²) in [5.41, 5.74) is 5.19. The Balaban J connectivity index is 1.48. The molecule has 0 atom stereocenters. The van der Waals surface area contributed by atoms with E-state index in [4.69, 9.17) is 14.2 Å². The zero-order valence-electron chi connectivity index (χ0n) is 18.4. The second-order valence-corrected chi connectivity index (χ2v) is 8.49. The molecule has 0 N–H and O–H groups in total. The highest BCUT2D eigenvalue weighted by atomic mass is 16.7. The number of para-hydroxylation sites is 1. The molecule has 0 aliphatic carbocycles. The quantitative estimate of drug-likeness (QED) is 0.641. The van der Waals surface area contributed by atoms with Crippen LogP contribution in [0, 0.1) is 13.8 Å². The zero-order valence-corrected chi connectivity index (χ0v) is 18.4. The maximum Gasteiger partial charge on any atom is 0.292 e. The third-order valence-corrected chi connectivity index (χ3v) is 5.86. The second-order valence-electron chi connectivity index (χ2n) is 8.49. The first-order valence-corrected chi connectivity index (χ1v) is 10.9. The number of ether oxygens (including phenoxy) is 3. The average molecular weight is 410 g/mol. The molecule has 2 aliphatic heterocycles. The van der Waals surface area contributed by atoms with E-state index in [1.807, 2.05) is 30.0 Å². The molecule has 5 heteroatoms. The summed E-state index contributed by atoms with van der Waals surface area (Å²) in [4.78, 5) is 15.2. The average Bonchev–Trinajstić information content (AvgIpc) is 2.95. The van der Waals surface area contributed by atoms with Crippen LogP contribution < -0.4 is 9.64 Å². The van der Waals surface area contributed by atoms with Gasteiger partial charge < -0.3 is 19.1 Å². The van der Waals surface area contributed by atoms with Crippen molar-refractivity contribution in [2.24, 2.45) is 0 Å². The molecule has 0 unspecified atom stereocenters. The smallest absolute Gasteiger partial charge is 0.292 e. The van der Waals surface area contributed by atoms with Gasteiger partial charge in [-0.1, -0.05) is 44.2 Å². The van der Waals surface area contributed by atoms with Crippen molar-refractivity contribution in [3.05, 3.63) is 58.7 Å². The fourth-order valence-corrected chi connectivity index (χ4v) is 4.35. The number of aryl methyl sites for hydroxylation is 2. The summed E-state index contributed by atoms with van der Waals surface area (Å²) < 4.78 is 18.0. The van der Waals surface area contributed by atoms with Gasteiger partial charge in [0.15, 0.2) is 0 Å². The molecule has 0 bridgehead atoms. The molecule has 2 aromatic carbocycles. The number of nitrogens with zero attached hydrogens (tertiary/aromatic N) is 1. The molecule has 0 radical (unpaired) electrons. The number of hydrogen-bond donors (Lipinski definition) is 0. The zero-order chi connectivity index (χ0) is 21.3. The topological polar surface area (TPSA) is 48.0 Å². The molecule has 1 fully saturated rings. The van der Waals surface area contributed by atoms with Gasteiger partial charge in [0.2, 0.25) is 0 Å². The fraction of sp³-hybridized carbons (Fsp3) is 0.480. The van der Waals surface area contributed by atoms with E-state index in [1.165, 1.54) is 11.1 Å². The van der Waals surface area contributed by atoms with Crippen molar-refractivity contribution in [3.8, 4) is 5.75 Å². The highest BCUT2D eigenvalue weighted by molar-refractivity contribution is 6.06. The lowest BCUT2D eigenvalue weighted by Gasteiger charge is -2.32. The van der Waals surface area contributed by atoms with Crippen LogP contribution in [0.2, 0.25) is 0 Å². The van der Waals surface area contributed by atoms with Gasteiger partial charge in [-0.25, -0.2) is 0 Å². The first-order chi connectivity index (χ1) is 14.4. The molecule has 0 aromatic heterocycles. The summed E-state index contributed by atoms with van der Waals surface area (Å²) in [5, 5.41) is 0. The predicted octanol–water partition coefficient (Wildman–Crippen LogP) is 4.83. The van der Waals surface area contributed by atoms with E-state index in [1.54, 1.807) is 0 Å². The lowest BCUT2D eigenvalue weighted by molar-refractivity contribution is -0.256. The maximum absolute atomic E-state index is 13.4. The number of benzene rings is 2. The summed E-state index contributed by atoms with van der Waals surface area (Å²) >= 11 is 0. The summed E-state index contributed by atoms with van der Waals surface area (Å²) in [6, 6.07) is 12.3. The molecule has 30 heavy (non-hydrogen) atoms. The van der Waals surface area contributed by atoms with Gasteiger partial charge >= 0.3 is 0 Å². The molecule has 2 aliphatic rings. The maximum atomic E-state index is 13.4. The number of anilines is 1. The lowest BCUT2D eigenvalue weighted by Crippen LogP contribution is -2.47. The second kappa shape index (κ2) is 8.40. The third-order valence-electron chi connectivity index (χ3n) is 5.86. The highest BCUT2D eigenvalue weighted by Gasteiger charge is 2.55. The van der Waals surface area contributed by atoms with Crippen molar-refractivity contribution in [1.29, 1.82) is 0 Å².